The van der Waals surface area contributed by atoms with Gasteiger partial charge < -0.3 is 4.74 Å². The maximum absolute atomic E-state index is 12.8. The predicted molar refractivity (Wildman–Crippen MR) is 51.4 cm³/mol. The summed E-state index contributed by atoms with van der Waals surface area (Å²) in [7, 11) is 0. The van der Waals surface area contributed by atoms with E-state index in [4.69, 9.17) is 4.74 Å². The van der Waals surface area contributed by atoms with Gasteiger partial charge in [0.25, 0.3) is 0 Å². The van der Waals surface area contributed by atoms with Crippen LogP contribution in [0.5, 0.6) is 0 Å². The van der Waals surface area contributed by atoms with Crippen LogP contribution in [0.2, 0.25) is 0 Å². The molecule has 1 heterocycles. The van der Waals surface area contributed by atoms with E-state index >= 15 is 0 Å². The highest BCUT2D eigenvalue weighted by atomic mass is 19.1. The number of ether oxygens (including phenoxy) is 1. The zero-order valence-corrected chi connectivity index (χ0v) is 8.84. The maximum Gasteiger partial charge on any atom is 0.414 e. The van der Waals surface area contributed by atoms with Crippen LogP contribution in [0, 0.1) is 0 Å². The fourth-order valence-electron chi connectivity index (χ4n) is 1.18. The van der Waals surface area contributed by atoms with Crippen LogP contribution in [0.1, 0.15) is 33.6 Å². The van der Waals surface area contributed by atoms with Crippen molar-refractivity contribution in [2.24, 2.45) is 0 Å². The first-order valence-electron chi connectivity index (χ1n) is 4.74. The summed E-state index contributed by atoms with van der Waals surface area (Å²) in [6, 6.07) is 0. The molecule has 14 heavy (non-hydrogen) atoms. The van der Waals surface area contributed by atoms with Crippen molar-refractivity contribution in [1.29, 1.82) is 0 Å². The zero-order valence-electron chi connectivity index (χ0n) is 8.84. The summed E-state index contributed by atoms with van der Waals surface area (Å²) in [5, 5.41) is 0. The van der Waals surface area contributed by atoms with Crippen LogP contribution in [0.15, 0.2) is 12.0 Å². The van der Waals surface area contributed by atoms with Gasteiger partial charge in [-0.05, 0) is 27.2 Å². The molecule has 3 nitrogen and oxygen atoms in total. The van der Waals surface area contributed by atoms with Crippen LogP contribution in [0.3, 0.4) is 0 Å². The van der Waals surface area contributed by atoms with E-state index in [0.717, 1.165) is 0 Å². The number of carbonyl (C=O) groups is 1. The largest absolute Gasteiger partial charge is 0.443 e. The van der Waals surface area contributed by atoms with Gasteiger partial charge in [0.05, 0.1) is 0 Å². The van der Waals surface area contributed by atoms with E-state index in [1.54, 1.807) is 20.8 Å². The van der Waals surface area contributed by atoms with Gasteiger partial charge in [0.15, 0.2) is 0 Å². The first-order valence-corrected chi connectivity index (χ1v) is 4.74. The summed E-state index contributed by atoms with van der Waals surface area (Å²) in [5.74, 6) is -0.262. The molecule has 1 aliphatic heterocycles. The molecule has 0 radical (unpaired) electrons. The number of halogens is 1. The van der Waals surface area contributed by atoms with E-state index in [-0.39, 0.29) is 5.83 Å². The van der Waals surface area contributed by atoms with Crippen LogP contribution in [0.25, 0.3) is 0 Å². The lowest BCUT2D eigenvalue weighted by Crippen LogP contribution is -2.35. The molecule has 0 unspecified atom stereocenters. The number of hydrogen-bond donors (Lipinski definition) is 0. The SMILES string of the molecule is CC(C)(C)OC(=O)N1C=C(F)CCC1. The van der Waals surface area contributed by atoms with Crippen LogP contribution in [-0.4, -0.2) is 23.1 Å². The predicted octanol–water partition coefficient (Wildman–Crippen LogP) is 2.83. The number of amides is 1. The molecular formula is C10H16FNO2. The van der Waals surface area contributed by atoms with E-state index < -0.39 is 11.7 Å². The molecule has 0 spiro atoms. The lowest BCUT2D eigenvalue weighted by atomic mass is 10.2. The average molecular weight is 201 g/mol. The Morgan fingerprint density at radius 2 is 2.21 bits per heavy atom. The van der Waals surface area contributed by atoms with E-state index in [2.05, 4.69) is 0 Å². The minimum absolute atomic E-state index is 0.262. The van der Waals surface area contributed by atoms with Crippen molar-refractivity contribution < 1.29 is 13.9 Å². The maximum atomic E-state index is 12.8. The molecule has 1 aliphatic rings. The third-order valence-corrected chi connectivity index (χ3v) is 1.74. The van der Waals surface area contributed by atoms with Crippen molar-refractivity contribution in [3.05, 3.63) is 12.0 Å². The normalized spacial score (nSPS) is 17.7. The smallest absolute Gasteiger partial charge is 0.414 e. The number of nitrogens with zero attached hydrogens (tertiary/aromatic N) is 1. The van der Waals surface area contributed by atoms with E-state index in [1.807, 2.05) is 0 Å². The minimum atomic E-state index is -0.529. The molecule has 0 aromatic carbocycles. The Labute approximate surface area is 83.5 Å². The molecule has 80 valence electrons. The van der Waals surface area contributed by atoms with Gasteiger partial charge in [-0.25, -0.2) is 9.18 Å². The molecule has 0 saturated heterocycles. The summed E-state index contributed by atoms with van der Waals surface area (Å²) in [6.45, 7) is 5.89. The first kappa shape index (κ1) is 11.0. The summed E-state index contributed by atoms with van der Waals surface area (Å²) in [4.78, 5) is 12.7. The molecular weight excluding hydrogens is 185 g/mol. The topological polar surface area (TPSA) is 29.5 Å². The molecule has 4 heteroatoms. The average Bonchev–Trinajstić information content (AvgIpc) is 2.01. The first-order chi connectivity index (χ1) is 6.38. The van der Waals surface area contributed by atoms with Crippen LogP contribution in [-0.2, 0) is 4.74 Å². The third-order valence-electron chi connectivity index (χ3n) is 1.74. The molecule has 1 rings (SSSR count). The summed E-state index contributed by atoms with van der Waals surface area (Å²) in [6.07, 6.45) is 1.81. The van der Waals surface area contributed by atoms with Gasteiger partial charge in [0, 0.05) is 19.2 Å². The van der Waals surface area contributed by atoms with Gasteiger partial charge in [0.1, 0.15) is 11.4 Å². The van der Waals surface area contributed by atoms with Crippen molar-refractivity contribution in [2.45, 2.75) is 39.2 Å². The van der Waals surface area contributed by atoms with Gasteiger partial charge in [0.2, 0.25) is 0 Å². The quantitative estimate of drug-likeness (QED) is 0.603. The summed E-state index contributed by atoms with van der Waals surface area (Å²) < 4.78 is 17.9. The van der Waals surface area contributed by atoms with Crippen molar-refractivity contribution in [2.75, 3.05) is 6.54 Å². The Kier molecular flexibility index (Phi) is 3.13. The standard InChI is InChI=1S/C10H16FNO2/c1-10(2,3)14-9(13)12-6-4-5-8(11)7-12/h7H,4-6H2,1-3H3. The van der Waals surface area contributed by atoms with Gasteiger partial charge in [-0.1, -0.05) is 0 Å². The molecule has 0 aliphatic carbocycles. The lowest BCUT2D eigenvalue weighted by Gasteiger charge is -2.26. The zero-order chi connectivity index (χ0) is 10.8. The molecule has 0 atom stereocenters. The second-order valence-corrected chi connectivity index (χ2v) is 4.35. The molecule has 1 amide bonds. The Hall–Kier alpha value is -1.06. The van der Waals surface area contributed by atoms with Crippen molar-refractivity contribution in [1.82, 2.24) is 4.90 Å². The second kappa shape index (κ2) is 3.98. The fourth-order valence-corrected chi connectivity index (χ4v) is 1.18. The molecule has 0 saturated carbocycles. The molecule has 0 fully saturated rings. The van der Waals surface area contributed by atoms with E-state index in [1.165, 1.54) is 11.1 Å². The van der Waals surface area contributed by atoms with Crippen LogP contribution in [0.4, 0.5) is 9.18 Å². The number of allylic oxidation sites excluding steroid dienone is 1. The second-order valence-electron chi connectivity index (χ2n) is 4.35. The number of rotatable bonds is 0. The molecule has 0 aromatic rings. The molecule has 0 aromatic heterocycles. The van der Waals surface area contributed by atoms with Gasteiger partial charge in [-0.3, -0.25) is 4.90 Å². The molecule has 0 N–H and O–H groups in total. The summed E-state index contributed by atoms with van der Waals surface area (Å²) >= 11 is 0. The monoisotopic (exact) mass is 201 g/mol. The van der Waals surface area contributed by atoms with Crippen molar-refractivity contribution >= 4 is 6.09 Å². The molecule has 0 bridgehead atoms. The minimum Gasteiger partial charge on any atom is -0.443 e. The number of carbonyl (C=O) groups excluding carboxylic acids is 1. The van der Waals surface area contributed by atoms with Crippen LogP contribution >= 0.6 is 0 Å². The Bertz CT molecular complexity index is 255. The van der Waals surface area contributed by atoms with E-state index in [0.29, 0.717) is 19.4 Å². The van der Waals surface area contributed by atoms with Crippen molar-refractivity contribution in [3.63, 3.8) is 0 Å². The third kappa shape index (κ3) is 3.36. The summed E-state index contributed by atoms with van der Waals surface area (Å²) in [5.41, 5.74) is -0.529. The van der Waals surface area contributed by atoms with Gasteiger partial charge in [-0.15, -0.1) is 0 Å². The number of hydrogen-bond acceptors (Lipinski definition) is 2. The van der Waals surface area contributed by atoms with E-state index in [9.17, 15) is 9.18 Å². The van der Waals surface area contributed by atoms with Gasteiger partial charge in [-0.2, -0.15) is 0 Å². The Morgan fingerprint density at radius 1 is 1.57 bits per heavy atom. The Balaban J connectivity index is 2.57. The van der Waals surface area contributed by atoms with Crippen LogP contribution < -0.4 is 0 Å². The lowest BCUT2D eigenvalue weighted by molar-refractivity contribution is 0.0319. The highest BCUT2D eigenvalue weighted by molar-refractivity contribution is 5.69. The highest BCUT2D eigenvalue weighted by Crippen LogP contribution is 2.18. The van der Waals surface area contributed by atoms with Gasteiger partial charge >= 0.3 is 6.09 Å². The Morgan fingerprint density at radius 3 is 2.71 bits per heavy atom. The highest BCUT2D eigenvalue weighted by Gasteiger charge is 2.23. The van der Waals surface area contributed by atoms with Crippen molar-refractivity contribution in [3.8, 4) is 0 Å². The fraction of sp³-hybridized carbons (Fsp3) is 0.700.